The molecule has 2 aliphatic rings. The van der Waals surface area contributed by atoms with Crippen molar-refractivity contribution in [3.8, 4) is 0 Å². The molecule has 2 atom stereocenters. The summed E-state index contributed by atoms with van der Waals surface area (Å²) in [4.78, 5) is 9.96. The summed E-state index contributed by atoms with van der Waals surface area (Å²) in [5.41, 5.74) is 9.03. The third-order valence-corrected chi connectivity index (χ3v) is 6.59. The molecule has 130 valence electrons. The zero-order valence-corrected chi connectivity index (χ0v) is 15.6. The van der Waals surface area contributed by atoms with Gasteiger partial charge in [-0.25, -0.2) is 9.97 Å². The van der Waals surface area contributed by atoms with Gasteiger partial charge in [0.15, 0.2) is 0 Å². The van der Waals surface area contributed by atoms with E-state index in [9.17, 15) is 0 Å². The van der Waals surface area contributed by atoms with Gasteiger partial charge in [0.1, 0.15) is 12.0 Å². The van der Waals surface area contributed by atoms with Gasteiger partial charge in [-0.15, -0.1) is 0 Å². The van der Waals surface area contributed by atoms with Gasteiger partial charge < -0.3 is 0 Å². The largest absolute Gasteiger partial charge is 0.282 e. The van der Waals surface area contributed by atoms with Crippen molar-refractivity contribution < 1.29 is 0 Å². The quantitative estimate of drug-likeness (QED) is 0.411. The predicted molar refractivity (Wildman–Crippen MR) is 106 cm³/mol. The Morgan fingerprint density at radius 3 is 2.73 bits per heavy atom. The Kier molecular flexibility index (Phi) is 2.63. The minimum Gasteiger partial charge on any atom is -0.282 e. The molecule has 1 fully saturated rings. The number of benzene rings is 2. The van der Waals surface area contributed by atoms with Crippen molar-refractivity contribution in [2.45, 2.75) is 57.3 Å². The molecule has 2 bridgehead atoms. The first-order chi connectivity index (χ1) is 12.5. The SMILES string of the molecule is CC(C)(C)c1cccc2c1ncn1c2nc2ccc3c(c21)C1CCC3C1. The fraction of sp³-hybridized carbons (Fsp3) is 0.391. The summed E-state index contributed by atoms with van der Waals surface area (Å²) in [6.45, 7) is 6.75. The van der Waals surface area contributed by atoms with Crippen LogP contribution in [0.1, 0.15) is 68.6 Å². The molecular weight excluding hydrogens is 318 g/mol. The molecule has 0 amide bonds. The lowest BCUT2D eigenvalue weighted by Crippen LogP contribution is -2.12. The van der Waals surface area contributed by atoms with Crippen LogP contribution in [0.15, 0.2) is 36.7 Å². The number of nitrogens with zero attached hydrogens (tertiary/aromatic N) is 3. The van der Waals surface area contributed by atoms with Crippen LogP contribution in [0.3, 0.4) is 0 Å². The monoisotopic (exact) mass is 341 g/mol. The van der Waals surface area contributed by atoms with Gasteiger partial charge in [0.2, 0.25) is 0 Å². The van der Waals surface area contributed by atoms with Crippen LogP contribution >= 0.6 is 0 Å². The van der Waals surface area contributed by atoms with E-state index in [1.165, 1.54) is 30.3 Å². The van der Waals surface area contributed by atoms with E-state index in [2.05, 4.69) is 55.5 Å². The summed E-state index contributed by atoms with van der Waals surface area (Å²) in [7, 11) is 0. The van der Waals surface area contributed by atoms with Crippen molar-refractivity contribution in [2.24, 2.45) is 0 Å². The molecule has 2 aromatic heterocycles. The zero-order chi connectivity index (χ0) is 17.6. The number of aromatic nitrogens is 3. The second-order valence-electron chi connectivity index (χ2n) is 9.14. The van der Waals surface area contributed by atoms with E-state index in [4.69, 9.17) is 9.97 Å². The van der Waals surface area contributed by atoms with Gasteiger partial charge in [0.25, 0.3) is 0 Å². The van der Waals surface area contributed by atoms with Gasteiger partial charge in [-0.05, 0) is 65.3 Å². The Balaban J connectivity index is 1.75. The number of hydrogen-bond donors (Lipinski definition) is 0. The van der Waals surface area contributed by atoms with E-state index >= 15 is 0 Å². The molecule has 3 nitrogen and oxygen atoms in total. The molecule has 0 aliphatic heterocycles. The Morgan fingerprint density at radius 1 is 1.04 bits per heavy atom. The van der Waals surface area contributed by atoms with Gasteiger partial charge in [-0.2, -0.15) is 0 Å². The van der Waals surface area contributed by atoms with Crippen LogP contribution in [0.25, 0.3) is 27.6 Å². The first-order valence-corrected chi connectivity index (χ1v) is 9.75. The lowest BCUT2D eigenvalue weighted by molar-refractivity contribution is 0.594. The van der Waals surface area contributed by atoms with Gasteiger partial charge in [0.05, 0.1) is 16.6 Å². The number of hydrogen-bond acceptors (Lipinski definition) is 2. The third-order valence-electron chi connectivity index (χ3n) is 6.59. The molecule has 0 N–H and O–H groups in total. The molecular formula is C23H23N3. The average Bonchev–Trinajstić information content (AvgIpc) is 3.32. The Labute approximate surface area is 153 Å². The molecule has 2 aromatic carbocycles. The maximum Gasteiger partial charge on any atom is 0.148 e. The Morgan fingerprint density at radius 2 is 1.88 bits per heavy atom. The molecule has 26 heavy (non-hydrogen) atoms. The topological polar surface area (TPSA) is 30.2 Å². The number of para-hydroxylation sites is 1. The number of rotatable bonds is 0. The van der Waals surface area contributed by atoms with Crippen LogP contribution in [0, 0.1) is 0 Å². The second kappa shape index (κ2) is 4.64. The summed E-state index contributed by atoms with van der Waals surface area (Å²) < 4.78 is 2.25. The van der Waals surface area contributed by atoms with E-state index in [0.717, 1.165) is 33.9 Å². The lowest BCUT2D eigenvalue weighted by Gasteiger charge is -2.20. The molecule has 4 aromatic rings. The minimum absolute atomic E-state index is 0.0667. The molecule has 0 radical (unpaired) electrons. The predicted octanol–water partition coefficient (Wildman–Crippen LogP) is 5.70. The van der Waals surface area contributed by atoms with Gasteiger partial charge in [0, 0.05) is 5.39 Å². The van der Waals surface area contributed by atoms with E-state index in [1.807, 2.05) is 6.33 Å². The highest BCUT2D eigenvalue weighted by Crippen LogP contribution is 2.55. The second-order valence-corrected chi connectivity index (χ2v) is 9.14. The Hall–Kier alpha value is -2.42. The van der Waals surface area contributed by atoms with Gasteiger partial charge in [-0.3, -0.25) is 4.40 Å². The van der Waals surface area contributed by atoms with E-state index in [1.54, 1.807) is 11.1 Å². The fourth-order valence-corrected chi connectivity index (χ4v) is 5.43. The lowest BCUT2D eigenvalue weighted by atomic mass is 9.85. The van der Waals surface area contributed by atoms with Crippen LogP contribution in [-0.4, -0.2) is 14.4 Å². The third kappa shape index (κ3) is 1.74. The molecule has 3 heteroatoms. The summed E-state index contributed by atoms with van der Waals surface area (Å²) in [6, 6.07) is 11.1. The van der Waals surface area contributed by atoms with E-state index in [-0.39, 0.29) is 5.41 Å². The number of imidazole rings is 1. The molecule has 1 saturated carbocycles. The molecule has 2 aliphatic carbocycles. The van der Waals surface area contributed by atoms with Crippen molar-refractivity contribution in [1.29, 1.82) is 0 Å². The van der Waals surface area contributed by atoms with Crippen LogP contribution in [0.5, 0.6) is 0 Å². The van der Waals surface area contributed by atoms with Crippen LogP contribution in [0.4, 0.5) is 0 Å². The van der Waals surface area contributed by atoms with Crippen molar-refractivity contribution in [3.05, 3.63) is 53.3 Å². The standard InChI is InChI=1S/C23H23N3/c1-23(2,3)17-6-4-5-16-20(17)24-12-26-21-18(25-22(16)26)10-9-15-13-7-8-14(11-13)19(15)21/h4-6,9-10,12-14H,7-8,11H2,1-3H3. The van der Waals surface area contributed by atoms with Gasteiger partial charge in [-0.1, -0.05) is 39.0 Å². The maximum atomic E-state index is 5.05. The maximum absolute atomic E-state index is 5.05. The smallest absolute Gasteiger partial charge is 0.148 e. The summed E-state index contributed by atoms with van der Waals surface area (Å²) in [5.74, 6) is 1.49. The van der Waals surface area contributed by atoms with E-state index < -0.39 is 0 Å². The molecule has 6 rings (SSSR count). The van der Waals surface area contributed by atoms with Crippen molar-refractivity contribution >= 4 is 27.6 Å². The summed E-state index contributed by atoms with van der Waals surface area (Å²) >= 11 is 0. The van der Waals surface area contributed by atoms with Crippen LogP contribution in [-0.2, 0) is 5.41 Å². The highest BCUT2D eigenvalue weighted by molar-refractivity contribution is 5.98. The highest BCUT2D eigenvalue weighted by atomic mass is 15.1. The summed E-state index contributed by atoms with van der Waals surface area (Å²) in [6.07, 6.45) is 6.03. The summed E-state index contributed by atoms with van der Waals surface area (Å²) in [5, 5.41) is 1.16. The number of fused-ring (bicyclic) bond motifs is 11. The zero-order valence-electron chi connectivity index (χ0n) is 15.6. The van der Waals surface area contributed by atoms with E-state index in [0.29, 0.717) is 0 Å². The molecule has 2 unspecified atom stereocenters. The van der Waals surface area contributed by atoms with Crippen molar-refractivity contribution in [3.63, 3.8) is 0 Å². The van der Waals surface area contributed by atoms with Crippen LogP contribution in [0.2, 0.25) is 0 Å². The van der Waals surface area contributed by atoms with Gasteiger partial charge >= 0.3 is 0 Å². The highest BCUT2D eigenvalue weighted by Gasteiger charge is 2.38. The van der Waals surface area contributed by atoms with Crippen molar-refractivity contribution in [1.82, 2.24) is 14.4 Å². The molecule has 0 spiro atoms. The van der Waals surface area contributed by atoms with Crippen LogP contribution < -0.4 is 0 Å². The first-order valence-electron chi connectivity index (χ1n) is 9.75. The first kappa shape index (κ1) is 14.7. The normalized spacial score (nSPS) is 22.0. The molecule has 0 saturated heterocycles. The Bertz CT molecular complexity index is 1210. The van der Waals surface area contributed by atoms with Crippen molar-refractivity contribution in [2.75, 3.05) is 0 Å². The minimum atomic E-state index is 0.0667. The average molecular weight is 341 g/mol. The molecule has 2 heterocycles. The fourth-order valence-electron chi connectivity index (χ4n) is 5.43.